The van der Waals surface area contributed by atoms with Crippen LogP contribution in [0.4, 0.5) is 19.7 Å². The van der Waals surface area contributed by atoms with Crippen LogP contribution < -0.4 is 4.90 Å². The molecule has 35 heavy (non-hydrogen) atoms. The van der Waals surface area contributed by atoms with Crippen LogP contribution >= 0.6 is 0 Å². The molecule has 0 radical (unpaired) electrons. The lowest BCUT2D eigenvalue weighted by molar-refractivity contribution is 0.0240. The van der Waals surface area contributed by atoms with E-state index in [0.717, 1.165) is 0 Å². The summed E-state index contributed by atoms with van der Waals surface area (Å²) in [5, 5.41) is 9.52. The Bertz CT molecular complexity index is 940. The maximum Gasteiger partial charge on any atom is 0.410 e. The molecule has 0 spiro atoms. The lowest BCUT2D eigenvalue weighted by atomic mass is 9.99. The molecule has 2 heterocycles. The standard InChI is InChI=1S/C25H37FN4O5/c1-17(2)12-21-16-29(10-11-30(21)23(32)33)22(31)18-13-19(26)15-20(14-18)27-6-8-28(9-7-27)24(34)35-25(3,4)5/h13-15,17,21H,6-12,16H2,1-5H3,(H,32,33)/t21-/m0/s1. The summed E-state index contributed by atoms with van der Waals surface area (Å²) < 4.78 is 20.0. The number of hydrogen-bond acceptors (Lipinski definition) is 5. The number of amides is 3. The molecule has 1 atom stereocenters. The van der Waals surface area contributed by atoms with E-state index in [1.807, 2.05) is 39.5 Å². The van der Waals surface area contributed by atoms with Gasteiger partial charge >= 0.3 is 12.2 Å². The fourth-order valence-corrected chi connectivity index (χ4v) is 4.57. The first kappa shape index (κ1) is 26.6. The molecule has 2 fully saturated rings. The second-order valence-corrected chi connectivity index (χ2v) is 10.7. The quantitative estimate of drug-likeness (QED) is 0.688. The maximum absolute atomic E-state index is 14.5. The van der Waals surface area contributed by atoms with Gasteiger partial charge in [0.05, 0.1) is 6.04 Å². The Hall–Kier alpha value is -3.04. The van der Waals surface area contributed by atoms with E-state index in [2.05, 4.69) is 0 Å². The molecule has 9 nitrogen and oxygen atoms in total. The molecule has 1 aromatic rings. The van der Waals surface area contributed by atoms with Gasteiger partial charge in [0.2, 0.25) is 0 Å². The van der Waals surface area contributed by atoms with Gasteiger partial charge in [-0.3, -0.25) is 4.79 Å². The average Bonchev–Trinajstić information content (AvgIpc) is 2.76. The number of hydrogen-bond donors (Lipinski definition) is 1. The third kappa shape index (κ3) is 6.99. The third-order valence-electron chi connectivity index (χ3n) is 6.19. The van der Waals surface area contributed by atoms with E-state index in [0.29, 0.717) is 38.3 Å². The van der Waals surface area contributed by atoms with Gasteiger partial charge in [-0.05, 0) is 51.3 Å². The number of carboxylic acid groups (broad SMARTS) is 1. The Balaban J connectivity index is 1.69. The highest BCUT2D eigenvalue weighted by Crippen LogP contribution is 2.24. The van der Waals surface area contributed by atoms with E-state index in [1.165, 1.54) is 17.0 Å². The molecule has 194 valence electrons. The zero-order valence-corrected chi connectivity index (χ0v) is 21.3. The van der Waals surface area contributed by atoms with Crippen molar-refractivity contribution in [2.24, 2.45) is 5.92 Å². The smallest absolute Gasteiger partial charge is 0.410 e. The molecule has 2 aliphatic heterocycles. The monoisotopic (exact) mass is 492 g/mol. The lowest BCUT2D eigenvalue weighted by Crippen LogP contribution is -2.56. The van der Waals surface area contributed by atoms with Gasteiger partial charge in [-0.25, -0.2) is 14.0 Å². The first-order valence-corrected chi connectivity index (χ1v) is 12.2. The van der Waals surface area contributed by atoms with Crippen LogP contribution in [0.25, 0.3) is 0 Å². The van der Waals surface area contributed by atoms with Crippen molar-refractivity contribution in [3.8, 4) is 0 Å². The van der Waals surface area contributed by atoms with Crippen molar-refractivity contribution in [1.29, 1.82) is 0 Å². The number of benzene rings is 1. The number of nitrogens with zero attached hydrogens (tertiary/aromatic N) is 4. The third-order valence-corrected chi connectivity index (χ3v) is 6.19. The Morgan fingerprint density at radius 2 is 1.66 bits per heavy atom. The maximum atomic E-state index is 14.5. The number of rotatable bonds is 4. The van der Waals surface area contributed by atoms with E-state index in [-0.39, 0.29) is 49.2 Å². The zero-order chi connectivity index (χ0) is 25.9. The molecule has 0 saturated carbocycles. The van der Waals surface area contributed by atoms with E-state index < -0.39 is 17.5 Å². The summed E-state index contributed by atoms with van der Waals surface area (Å²) in [6.07, 6.45) is -0.711. The molecule has 1 aromatic carbocycles. The van der Waals surface area contributed by atoms with Crippen molar-refractivity contribution in [1.82, 2.24) is 14.7 Å². The highest BCUT2D eigenvalue weighted by Gasteiger charge is 2.33. The number of carbonyl (C=O) groups is 3. The largest absolute Gasteiger partial charge is 0.465 e. The molecule has 0 aliphatic carbocycles. The number of carbonyl (C=O) groups excluding carboxylic acids is 2. The molecule has 0 unspecified atom stereocenters. The minimum atomic E-state index is -0.985. The van der Waals surface area contributed by atoms with Gasteiger partial charge in [-0.1, -0.05) is 13.8 Å². The molecular formula is C25H37FN4O5. The minimum Gasteiger partial charge on any atom is -0.465 e. The van der Waals surface area contributed by atoms with Gasteiger partial charge in [0.25, 0.3) is 5.91 Å². The van der Waals surface area contributed by atoms with Crippen LogP contribution in [0.1, 0.15) is 51.4 Å². The Labute approximate surface area is 206 Å². The molecule has 3 rings (SSSR count). The van der Waals surface area contributed by atoms with Gasteiger partial charge in [0, 0.05) is 57.1 Å². The van der Waals surface area contributed by atoms with Crippen molar-refractivity contribution < 1.29 is 28.6 Å². The summed E-state index contributed by atoms with van der Waals surface area (Å²) in [5.74, 6) is -0.544. The fourth-order valence-electron chi connectivity index (χ4n) is 4.57. The summed E-state index contributed by atoms with van der Waals surface area (Å²) in [4.78, 5) is 43.8. The molecule has 0 bridgehead atoms. The number of halogens is 1. The Morgan fingerprint density at radius 1 is 1.03 bits per heavy atom. The summed E-state index contributed by atoms with van der Waals surface area (Å²) >= 11 is 0. The predicted molar refractivity (Wildman–Crippen MR) is 130 cm³/mol. The normalized spacial score (nSPS) is 19.2. The second kappa shape index (κ2) is 10.7. The predicted octanol–water partition coefficient (Wildman–Crippen LogP) is 3.73. The first-order valence-electron chi connectivity index (χ1n) is 12.2. The van der Waals surface area contributed by atoms with Crippen molar-refractivity contribution in [2.75, 3.05) is 50.7 Å². The number of ether oxygens (including phenoxy) is 1. The summed E-state index contributed by atoms with van der Waals surface area (Å²) in [6, 6.07) is 4.00. The number of anilines is 1. The molecule has 3 amide bonds. The highest BCUT2D eigenvalue weighted by atomic mass is 19.1. The first-order chi connectivity index (χ1) is 16.3. The van der Waals surface area contributed by atoms with E-state index in [1.54, 1.807) is 15.9 Å². The summed E-state index contributed by atoms with van der Waals surface area (Å²) in [7, 11) is 0. The van der Waals surface area contributed by atoms with Gasteiger partial charge in [-0.15, -0.1) is 0 Å². The van der Waals surface area contributed by atoms with Gasteiger partial charge < -0.3 is 29.4 Å². The SMILES string of the molecule is CC(C)C[C@H]1CN(C(=O)c2cc(F)cc(N3CCN(C(=O)OC(C)(C)C)CC3)c2)CCN1C(=O)O. The van der Waals surface area contributed by atoms with Gasteiger partial charge in [0.1, 0.15) is 11.4 Å². The topological polar surface area (TPSA) is 93.6 Å². The van der Waals surface area contributed by atoms with Crippen molar-refractivity contribution in [3.05, 3.63) is 29.6 Å². The van der Waals surface area contributed by atoms with Gasteiger partial charge in [0.15, 0.2) is 0 Å². The Morgan fingerprint density at radius 3 is 2.23 bits per heavy atom. The molecule has 2 aliphatic rings. The van der Waals surface area contributed by atoms with Crippen LogP contribution in [-0.2, 0) is 4.74 Å². The lowest BCUT2D eigenvalue weighted by Gasteiger charge is -2.41. The van der Waals surface area contributed by atoms with Crippen LogP contribution in [0.15, 0.2) is 18.2 Å². The fraction of sp³-hybridized carbons (Fsp3) is 0.640. The van der Waals surface area contributed by atoms with Crippen molar-refractivity contribution in [3.63, 3.8) is 0 Å². The van der Waals surface area contributed by atoms with E-state index in [4.69, 9.17) is 4.74 Å². The van der Waals surface area contributed by atoms with E-state index >= 15 is 0 Å². The van der Waals surface area contributed by atoms with Crippen LogP contribution in [-0.4, -0.2) is 95.4 Å². The Kier molecular flexibility index (Phi) is 8.12. The minimum absolute atomic E-state index is 0.229. The summed E-state index contributed by atoms with van der Waals surface area (Å²) in [6.45, 7) is 12.1. The zero-order valence-electron chi connectivity index (χ0n) is 21.3. The summed E-state index contributed by atoms with van der Waals surface area (Å²) in [5.41, 5.74) is 0.248. The average molecular weight is 493 g/mol. The van der Waals surface area contributed by atoms with Crippen LogP contribution in [0, 0.1) is 11.7 Å². The van der Waals surface area contributed by atoms with Crippen molar-refractivity contribution >= 4 is 23.8 Å². The van der Waals surface area contributed by atoms with E-state index in [9.17, 15) is 23.9 Å². The van der Waals surface area contributed by atoms with Crippen LogP contribution in [0.2, 0.25) is 0 Å². The number of piperazine rings is 2. The van der Waals surface area contributed by atoms with Gasteiger partial charge in [-0.2, -0.15) is 0 Å². The highest BCUT2D eigenvalue weighted by molar-refractivity contribution is 5.95. The van der Waals surface area contributed by atoms with Crippen molar-refractivity contribution in [2.45, 2.75) is 52.7 Å². The molecule has 0 aromatic heterocycles. The van der Waals surface area contributed by atoms with Crippen LogP contribution in [0.5, 0.6) is 0 Å². The molecule has 10 heteroatoms. The molecular weight excluding hydrogens is 455 g/mol. The molecule has 1 N–H and O–H groups in total. The molecule has 2 saturated heterocycles. The van der Waals surface area contributed by atoms with Crippen LogP contribution in [0.3, 0.4) is 0 Å². The second-order valence-electron chi connectivity index (χ2n) is 10.7.